The normalized spacial score (nSPS) is 14.4. The van der Waals surface area contributed by atoms with Gasteiger partial charge in [-0.2, -0.15) is 17.5 Å². The van der Waals surface area contributed by atoms with Crippen molar-refractivity contribution in [3.63, 3.8) is 0 Å². The molecule has 0 aliphatic rings. The third-order valence-corrected chi connectivity index (χ3v) is 7.18. The number of rotatable bonds is 6. The number of aliphatic hydroxyl groups excluding tert-OH is 1. The lowest BCUT2D eigenvalue weighted by Gasteiger charge is -2.23. The highest BCUT2D eigenvalue weighted by Crippen LogP contribution is 2.45. The van der Waals surface area contributed by atoms with Crippen LogP contribution in [-0.4, -0.2) is 37.0 Å². The van der Waals surface area contributed by atoms with Gasteiger partial charge in [-0.15, -0.1) is 11.3 Å². The number of nitrogens with zero attached hydrogens (tertiary/aromatic N) is 1. The molecule has 0 fully saturated rings. The molecule has 0 aliphatic carbocycles. The summed E-state index contributed by atoms with van der Waals surface area (Å²) < 4.78 is 66.9. The van der Waals surface area contributed by atoms with Crippen LogP contribution in [0, 0.1) is 0 Å². The first-order valence-electron chi connectivity index (χ1n) is 7.46. The minimum Gasteiger partial charge on any atom is -0.392 e. The standard InChI is InChI=1S/C15H17ClF3NO3S2/c1-3-6-20(8-9(2)21)25(22,23)14-13(15(17,18)19)11-7-10(16)4-5-12(11)24-14/h4-5,7,9,21H,3,6,8H2,1-2H3. The molecule has 1 heterocycles. The van der Waals surface area contributed by atoms with E-state index in [4.69, 9.17) is 11.6 Å². The van der Waals surface area contributed by atoms with Crippen LogP contribution in [0.4, 0.5) is 13.2 Å². The van der Waals surface area contributed by atoms with E-state index in [0.29, 0.717) is 17.8 Å². The number of fused-ring (bicyclic) bond motifs is 1. The first-order valence-corrected chi connectivity index (χ1v) is 10.1. The SMILES string of the molecule is CCCN(CC(C)O)S(=O)(=O)c1sc2ccc(Cl)cc2c1C(F)(F)F. The number of hydrogen-bond acceptors (Lipinski definition) is 4. The second-order valence-corrected chi connectivity index (χ2v) is 9.24. The van der Waals surface area contributed by atoms with E-state index in [1.807, 2.05) is 0 Å². The van der Waals surface area contributed by atoms with E-state index in [0.717, 1.165) is 10.4 Å². The predicted octanol–water partition coefficient (Wildman–Crippen LogP) is 4.36. The van der Waals surface area contributed by atoms with Gasteiger partial charge in [0.15, 0.2) is 0 Å². The number of hydrogen-bond donors (Lipinski definition) is 1. The van der Waals surface area contributed by atoms with E-state index in [1.54, 1.807) is 6.92 Å². The maximum atomic E-state index is 13.6. The summed E-state index contributed by atoms with van der Waals surface area (Å²) in [5, 5.41) is 9.38. The Balaban J connectivity index is 2.73. The molecule has 4 nitrogen and oxygen atoms in total. The van der Waals surface area contributed by atoms with Gasteiger partial charge in [0.05, 0.1) is 11.7 Å². The molecule has 0 saturated carbocycles. The van der Waals surface area contributed by atoms with Gasteiger partial charge < -0.3 is 5.11 Å². The summed E-state index contributed by atoms with van der Waals surface area (Å²) >= 11 is 6.35. The molecule has 1 atom stereocenters. The van der Waals surface area contributed by atoms with Crippen LogP contribution < -0.4 is 0 Å². The van der Waals surface area contributed by atoms with Gasteiger partial charge in [-0.25, -0.2) is 8.42 Å². The van der Waals surface area contributed by atoms with Crippen LogP contribution in [0.1, 0.15) is 25.8 Å². The average Bonchev–Trinajstić information content (AvgIpc) is 2.85. The van der Waals surface area contributed by atoms with Gasteiger partial charge in [-0.05, 0) is 31.5 Å². The van der Waals surface area contributed by atoms with Crippen molar-refractivity contribution in [3.05, 3.63) is 28.8 Å². The van der Waals surface area contributed by atoms with Crippen LogP contribution in [0.2, 0.25) is 5.02 Å². The topological polar surface area (TPSA) is 57.6 Å². The summed E-state index contributed by atoms with van der Waals surface area (Å²) in [6.45, 7) is 2.83. The van der Waals surface area contributed by atoms with Crippen LogP contribution in [0.5, 0.6) is 0 Å². The zero-order valence-electron chi connectivity index (χ0n) is 13.5. The van der Waals surface area contributed by atoms with E-state index < -0.39 is 32.1 Å². The summed E-state index contributed by atoms with van der Waals surface area (Å²) in [6, 6.07) is 3.90. The molecule has 1 aromatic carbocycles. The highest BCUT2D eigenvalue weighted by Gasteiger charge is 2.42. The van der Waals surface area contributed by atoms with Gasteiger partial charge in [-0.3, -0.25) is 0 Å². The smallest absolute Gasteiger partial charge is 0.392 e. The number of thiophene rings is 1. The molecule has 1 unspecified atom stereocenters. The summed E-state index contributed by atoms with van der Waals surface area (Å²) in [5.74, 6) is 0. The third kappa shape index (κ3) is 4.28. The number of benzene rings is 1. The largest absolute Gasteiger partial charge is 0.419 e. The molecule has 0 radical (unpaired) electrons. The molecule has 0 saturated heterocycles. The Bertz CT molecular complexity index is 863. The molecule has 25 heavy (non-hydrogen) atoms. The molecule has 2 aromatic rings. The first kappa shape index (κ1) is 20.4. The molecule has 0 bridgehead atoms. The average molecular weight is 416 g/mol. The van der Waals surface area contributed by atoms with Crippen LogP contribution >= 0.6 is 22.9 Å². The fourth-order valence-corrected chi connectivity index (χ4v) is 6.13. The summed E-state index contributed by atoms with van der Waals surface area (Å²) in [6.07, 6.45) is -5.45. The number of alkyl halides is 3. The number of sulfonamides is 1. The lowest BCUT2D eigenvalue weighted by atomic mass is 10.2. The van der Waals surface area contributed by atoms with Crippen LogP contribution in [0.15, 0.2) is 22.4 Å². The molecular formula is C15H17ClF3NO3S2. The Morgan fingerprint density at radius 1 is 1.36 bits per heavy atom. The predicted molar refractivity (Wildman–Crippen MR) is 92.6 cm³/mol. The lowest BCUT2D eigenvalue weighted by molar-refractivity contribution is -0.138. The fourth-order valence-electron chi connectivity index (χ4n) is 2.47. The van der Waals surface area contributed by atoms with E-state index in [1.165, 1.54) is 19.1 Å². The van der Waals surface area contributed by atoms with Gasteiger partial charge in [0.25, 0.3) is 10.0 Å². The van der Waals surface area contributed by atoms with E-state index >= 15 is 0 Å². The van der Waals surface area contributed by atoms with Crippen molar-refractivity contribution in [1.29, 1.82) is 0 Å². The minimum atomic E-state index is -4.85. The molecule has 1 aromatic heterocycles. The Morgan fingerprint density at radius 2 is 2.00 bits per heavy atom. The molecule has 0 amide bonds. The summed E-state index contributed by atoms with van der Waals surface area (Å²) in [7, 11) is -4.42. The third-order valence-electron chi connectivity index (χ3n) is 3.42. The fraction of sp³-hybridized carbons (Fsp3) is 0.467. The molecule has 1 N–H and O–H groups in total. The number of aliphatic hydroxyl groups is 1. The quantitative estimate of drug-likeness (QED) is 0.762. The highest BCUT2D eigenvalue weighted by molar-refractivity contribution is 7.91. The van der Waals surface area contributed by atoms with Gasteiger partial charge in [-0.1, -0.05) is 18.5 Å². The van der Waals surface area contributed by atoms with Crippen molar-refractivity contribution in [2.45, 2.75) is 36.8 Å². The second-order valence-electron chi connectivity index (χ2n) is 5.61. The van der Waals surface area contributed by atoms with E-state index in [9.17, 15) is 26.7 Å². The van der Waals surface area contributed by atoms with Crippen molar-refractivity contribution >= 4 is 43.0 Å². The molecular weight excluding hydrogens is 399 g/mol. The minimum absolute atomic E-state index is 0.0134. The molecule has 2 rings (SSSR count). The van der Waals surface area contributed by atoms with Crippen molar-refractivity contribution in [2.75, 3.05) is 13.1 Å². The Labute approximate surface area is 152 Å². The second kappa shape index (κ2) is 7.40. The van der Waals surface area contributed by atoms with Crippen LogP contribution in [0.3, 0.4) is 0 Å². The van der Waals surface area contributed by atoms with Gasteiger partial charge in [0, 0.05) is 28.2 Å². The van der Waals surface area contributed by atoms with Crippen molar-refractivity contribution in [1.82, 2.24) is 4.31 Å². The molecule has 10 heteroatoms. The van der Waals surface area contributed by atoms with Gasteiger partial charge >= 0.3 is 6.18 Å². The summed E-state index contributed by atoms with van der Waals surface area (Å²) in [4.78, 5) is 0. The summed E-state index contributed by atoms with van der Waals surface area (Å²) in [5.41, 5.74) is -1.21. The van der Waals surface area contributed by atoms with Crippen LogP contribution in [-0.2, 0) is 16.2 Å². The molecule has 0 aliphatic heterocycles. The molecule has 0 spiro atoms. The Hall–Kier alpha value is -0.870. The molecule has 140 valence electrons. The zero-order chi connectivity index (χ0) is 19.0. The van der Waals surface area contributed by atoms with Gasteiger partial charge in [0.2, 0.25) is 0 Å². The monoisotopic (exact) mass is 415 g/mol. The highest BCUT2D eigenvalue weighted by atomic mass is 35.5. The maximum Gasteiger partial charge on any atom is 0.419 e. The van der Waals surface area contributed by atoms with E-state index in [2.05, 4.69) is 0 Å². The van der Waals surface area contributed by atoms with Crippen LogP contribution in [0.25, 0.3) is 10.1 Å². The zero-order valence-corrected chi connectivity index (χ0v) is 15.9. The van der Waals surface area contributed by atoms with Crippen molar-refractivity contribution in [2.24, 2.45) is 0 Å². The maximum absolute atomic E-state index is 13.6. The number of halogens is 4. The van der Waals surface area contributed by atoms with Crippen molar-refractivity contribution < 1.29 is 26.7 Å². The van der Waals surface area contributed by atoms with Crippen molar-refractivity contribution in [3.8, 4) is 0 Å². The Kier molecular flexibility index (Phi) is 6.05. The van der Waals surface area contributed by atoms with Gasteiger partial charge in [0.1, 0.15) is 4.21 Å². The Morgan fingerprint density at radius 3 is 2.52 bits per heavy atom. The lowest BCUT2D eigenvalue weighted by Crippen LogP contribution is -2.37. The first-order chi connectivity index (χ1) is 11.5. The van der Waals surface area contributed by atoms with E-state index in [-0.39, 0.29) is 28.2 Å².